The van der Waals surface area contributed by atoms with Gasteiger partial charge in [-0.25, -0.2) is 4.98 Å². The number of nitrogens with zero attached hydrogens (tertiary/aromatic N) is 2. The highest BCUT2D eigenvalue weighted by molar-refractivity contribution is 6.30. The summed E-state index contributed by atoms with van der Waals surface area (Å²) in [6.45, 7) is 3.99. The van der Waals surface area contributed by atoms with Crippen molar-refractivity contribution >= 4 is 28.4 Å². The number of hydrogen-bond acceptors (Lipinski definition) is 3. The number of fused-ring (bicyclic) bond motifs is 1. The number of primary amides is 1. The van der Waals surface area contributed by atoms with E-state index in [0.29, 0.717) is 0 Å². The fourth-order valence-corrected chi connectivity index (χ4v) is 4.21. The zero-order chi connectivity index (χ0) is 19.7. The molecule has 0 radical (unpaired) electrons. The number of carbonyl (C=O) groups is 1. The van der Waals surface area contributed by atoms with E-state index >= 15 is 0 Å². The van der Waals surface area contributed by atoms with Crippen LogP contribution in [0.25, 0.3) is 22.2 Å². The van der Waals surface area contributed by atoms with E-state index in [2.05, 4.69) is 36.1 Å². The van der Waals surface area contributed by atoms with Crippen molar-refractivity contribution < 1.29 is 4.79 Å². The minimum absolute atomic E-state index is 0.00209. The molecular weight excluding hydrogens is 370 g/mol. The van der Waals surface area contributed by atoms with Crippen molar-refractivity contribution in [2.45, 2.75) is 25.8 Å². The minimum Gasteiger partial charge on any atom is -0.369 e. The number of hydrogen-bond donors (Lipinski definition) is 1. The molecule has 144 valence electrons. The van der Waals surface area contributed by atoms with Gasteiger partial charge in [-0.05, 0) is 62.7 Å². The van der Waals surface area contributed by atoms with Crippen molar-refractivity contribution in [3.8, 4) is 11.3 Å². The van der Waals surface area contributed by atoms with E-state index in [4.69, 9.17) is 22.3 Å². The van der Waals surface area contributed by atoms with Gasteiger partial charge >= 0.3 is 0 Å². The van der Waals surface area contributed by atoms with Crippen molar-refractivity contribution in [1.29, 1.82) is 0 Å². The van der Waals surface area contributed by atoms with Gasteiger partial charge in [-0.1, -0.05) is 41.9 Å². The summed E-state index contributed by atoms with van der Waals surface area (Å²) in [5.41, 5.74) is 9.74. The fraction of sp³-hybridized carbons (Fsp3) is 0.304. The second kappa shape index (κ2) is 7.90. The van der Waals surface area contributed by atoms with E-state index in [0.717, 1.165) is 47.7 Å². The molecule has 1 fully saturated rings. The molecule has 1 aliphatic heterocycles. The second-order valence-electron chi connectivity index (χ2n) is 7.51. The quantitative estimate of drug-likeness (QED) is 0.691. The lowest BCUT2D eigenvalue weighted by atomic mass is 9.93. The van der Waals surface area contributed by atoms with Gasteiger partial charge in [0.15, 0.2) is 0 Å². The average molecular weight is 394 g/mol. The van der Waals surface area contributed by atoms with Crippen LogP contribution in [-0.2, 0) is 4.79 Å². The fourth-order valence-electron chi connectivity index (χ4n) is 4.08. The molecular formula is C23H24ClN3O. The highest BCUT2D eigenvalue weighted by atomic mass is 35.5. The maximum Gasteiger partial charge on any atom is 0.220 e. The zero-order valence-corrected chi connectivity index (χ0v) is 16.7. The summed E-state index contributed by atoms with van der Waals surface area (Å²) < 4.78 is 0. The molecule has 0 saturated carbocycles. The summed E-state index contributed by atoms with van der Waals surface area (Å²) in [5.74, 6) is -0.172. The Labute approximate surface area is 170 Å². The van der Waals surface area contributed by atoms with Crippen LogP contribution >= 0.6 is 11.6 Å². The van der Waals surface area contributed by atoms with E-state index in [1.807, 2.05) is 30.3 Å². The highest BCUT2D eigenvalue weighted by Crippen LogP contribution is 2.33. The SMILES string of the molecule is CC(c1cc(-c2ccc(Cl)cc2)nc2ccccc12)N1CCC(C(N)=O)CC1. The third kappa shape index (κ3) is 3.75. The van der Waals surface area contributed by atoms with Crippen LogP contribution in [0.5, 0.6) is 0 Å². The van der Waals surface area contributed by atoms with E-state index < -0.39 is 0 Å². The second-order valence-corrected chi connectivity index (χ2v) is 7.95. The lowest BCUT2D eigenvalue weighted by Crippen LogP contribution is -2.39. The van der Waals surface area contributed by atoms with Crippen LogP contribution in [0.4, 0.5) is 0 Å². The molecule has 2 aromatic carbocycles. The zero-order valence-electron chi connectivity index (χ0n) is 15.9. The van der Waals surface area contributed by atoms with E-state index in [1.54, 1.807) is 0 Å². The number of halogens is 1. The first-order chi connectivity index (χ1) is 13.5. The predicted octanol–water partition coefficient (Wildman–Crippen LogP) is 4.81. The molecule has 0 spiro atoms. The molecule has 1 amide bonds. The molecule has 3 aromatic rings. The van der Waals surface area contributed by atoms with Crippen LogP contribution in [0.2, 0.25) is 5.02 Å². The summed E-state index contributed by atoms with van der Waals surface area (Å²) in [5, 5.41) is 1.89. The average Bonchev–Trinajstić information content (AvgIpc) is 2.73. The minimum atomic E-state index is -0.174. The van der Waals surface area contributed by atoms with Gasteiger partial charge in [0.2, 0.25) is 5.91 Å². The van der Waals surface area contributed by atoms with E-state index in [-0.39, 0.29) is 17.9 Å². The number of benzene rings is 2. The Hall–Kier alpha value is -2.43. The topological polar surface area (TPSA) is 59.2 Å². The molecule has 1 aliphatic rings. The maximum atomic E-state index is 11.5. The summed E-state index contributed by atoms with van der Waals surface area (Å²) in [7, 11) is 0. The van der Waals surface area contributed by atoms with Crippen LogP contribution < -0.4 is 5.73 Å². The Morgan fingerprint density at radius 1 is 1.14 bits per heavy atom. The Morgan fingerprint density at radius 3 is 2.50 bits per heavy atom. The molecule has 1 aromatic heterocycles. The lowest BCUT2D eigenvalue weighted by molar-refractivity contribution is -0.123. The van der Waals surface area contributed by atoms with Gasteiger partial charge in [0, 0.05) is 27.9 Å². The number of rotatable bonds is 4. The van der Waals surface area contributed by atoms with Gasteiger partial charge in [-0.2, -0.15) is 0 Å². The van der Waals surface area contributed by atoms with Crippen LogP contribution in [0.1, 0.15) is 31.4 Å². The van der Waals surface area contributed by atoms with E-state index in [1.165, 1.54) is 10.9 Å². The molecule has 0 aliphatic carbocycles. The van der Waals surface area contributed by atoms with Gasteiger partial charge in [0.1, 0.15) is 0 Å². The first kappa shape index (κ1) is 18.9. The van der Waals surface area contributed by atoms with Crippen molar-refractivity contribution in [2.75, 3.05) is 13.1 Å². The van der Waals surface area contributed by atoms with Crippen LogP contribution in [0.15, 0.2) is 54.6 Å². The van der Waals surface area contributed by atoms with Crippen molar-refractivity contribution in [2.24, 2.45) is 11.7 Å². The number of aromatic nitrogens is 1. The summed E-state index contributed by atoms with van der Waals surface area (Å²) >= 11 is 6.05. The number of pyridine rings is 1. The molecule has 1 atom stereocenters. The normalized spacial score (nSPS) is 16.9. The Kier molecular flexibility index (Phi) is 5.33. The number of likely N-dealkylation sites (tertiary alicyclic amines) is 1. The number of amides is 1. The summed E-state index contributed by atoms with van der Waals surface area (Å²) in [6.07, 6.45) is 1.65. The molecule has 0 bridgehead atoms. The summed E-state index contributed by atoms with van der Waals surface area (Å²) in [6, 6.07) is 18.5. The highest BCUT2D eigenvalue weighted by Gasteiger charge is 2.27. The van der Waals surface area contributed by atoms with Gasteiger partial charge in [-0.15, -0.1) is 0 Å². The standard InChI is InChI=1S/C23H24ClN3O/c1-15(27-12-10-17(11-13-27)23(25)28)20-14-22(16-6-8-18(24)9-7-16)26-21-5-3-2-4-19(20)21/h2-9,14-15,17H,10-13H2,1H3,(H2,25,28). The molecule has 1 unspecified atom stereocenters. The van der Waals surface area contributed by atoms with Gasteiger partial charge in [-0.3, -0.25) is 9.69 Å². The summed E-state index contributed by atoms with van der Waals surface area (Å²) in [4.78, 5) is 18.8. The Morgan fingerprint density at radius 2 is 1.82 bits per heavy atom. The Bertz CT molecular complexity index is 994. The number of nitrogens with two attached hydrogens (primary N) is 1. The molecule has 4 rings (SSSR count). The number of carbonyl (C=O) groups excluding carboxylic acids is 1. The van der Waals surface area contributed by atoms with Crippen LogP contribution in [0.3, 0.4) is 0 Å². The van der Waals surface area contributed by atoms with Crippen molar-refractivity contribution in [1.82, 2.24) is 9.88 Å². The number of para-hydroxylation sites is 1. The first-order valence-electron chi connectivity index (χ1n) is 9.72. The van der Waals surface area contributed by atoms with Crippen molar-refractivity contribution in [3.63, 3.8) is 0 Å². The van der Waals surface area contributed by atoms with Crippen LogP contribution in [-0.4, -0.2) is 28.9 Å². The third-order valence-corrected chi connectivity index (χ3v) is 6.07. The van der Waals surface area contributed by atoms with Crippen LogP contribution in [0, 0.1) is 5.92 Å². The molecule has 1 saturated heterocycles. The van der Waals surface area contributed by atoms with E-state index in [9.17, 15) is 4.79 Å². The smallest absolute Gasteiger partial charge is 0.220 e. The Balaban J connectivity index is 1.71. The monoisotopic (exact) mass is 393 g/mol. The molecule has 2 heterocycles. The van der Waals surface area contributed by atoms with Crippen molar-refractivity contribution in [3.05, 3.63) is 65.2 Å². The lowest BCUT2D eigenvalue weighted by Gasteiger charge is -2.35. The predicted molar refractivity (Wildman–Crippen MR) is 114 cm³/mol. The third-order valence-electron chi connectivity index (χ3n) is 5.82. The molecule has 2 N–H and O–H groups in total. The van der Waals surface area contributed by atoms with Gasteiger partial charge < -0.3 is 5.73 Å². The number of piperidine rings is 1. The first-order valence-corrected chi connectivity index (χ1v) is 10.1. The molecule has 5 heteroatoms. The molecule has 28 heavy (non-hydrogen) atoms. The van der Waals surface area contributed by atoms with Gasteiger partial charge in [0.25, 0.3) is 0 Å². The molecule has 4 nitrogen and oxygen atoms in total. The van der Waals surface area contributed by atoms with Gasteiger partial charge in [0.05, 0.1) is 11.2 Å². The maximum absolute atomic E-state index is 11.5. The largest absolute Gasteiger partial charge is 0.369 e.